The maximum atomic E-state index is 5.80. The second-order valence-electron chi connectivity index (χ2n) is 4.54. The zero-order valence-corrected chi connectivity index (χ0v) is 12.5. The number of nitrogens with one attached hydrogen (secondary N) is 1. The van der Waals surface area contributed by atoms with Gasteiger partial charge in [-0.25, -0.2) is 0 Å². The van der Waals surface area contributed by atoms with Gasteiger partial charge in [0.15, 0.2) is 11.5 Å². The molecule has 2 heterocycles. The number of fused-ring (bicyclic) bond motifs is 1. The summed E-state index contributed by atoms with van der Waals surface area (Å²) in [6.45, 7) is 2.08. The number of benzene rings is 1. The lowest BCUT2D eigenvalue weighted by atomic mass is 10.2. The Labute approximate surface area is 126 Å². The van der Waals surface area contributed by atoms with E-state index in [9.17, 15) is 0 Å². The molecule has 0 fully saturated rings. The number of ether oxygens (including phenoxy) is 2. The summed E-state index contributed by atoms with van der Waals surface area (Å²) in [5, 5.41) is 3.34. The highest BCUT2D eigenvalue weighted by molar-refractivity contribution is 9.10. The quantitative estimate of drug-likeness (QED) is 0.930. The van der Waals surface area contributed by atoms with Gasteiger partial charge in [0.1, 0.15) is 0 Å². The molecule has 20 heavy (non-hydrogen) atoms. The SMILES string of the molecule is Brc1cncc(NCc2cccc3c2OCCCO3)c1. The molecule has 2 aromatic rings. The maximum Gasteiger partial charge on any atom is 0.166 e. The van der Waals surface area contributed by atoms with Crippen LogP contribution in [0.1, 0.15) is 12.0 Å². The van der Waals surface area contributed by atoms with Crippen LogP contribution in [-0.2, 0) is 6.54 Å². The number of aromatic nitrogens is 1. The predicted molar refractivity (Wildman–Crippen MR) is 81.3 cm³/mol. The Morgan fingerprint density at radius 1 is 1.20 bits per heavy atom. The van der Waals surface area contributed by atoms with E-state index in [4.69, 9.17) is 9.47 Å². The van der Waals surface area contributed by atoms with Crippen molar-refractivity contribution in [3.05, 3.63) is 46.7 Å². The van der Waals surface area contributed by atoms with Gasteiger partial charge in [-0.2, -0.15) is 0 Å². The second-order valence-corrected chi connectivity index (χ2v) is 5.46. The number of nitrogens with zero attached hydrogens (tertiary/aromatic N) is 1. The van der Waals surface area contributed by atoms with Crippen LogP contribution in [0.3, 0.4) is 0 Å². The Balaban J connectivity index is 1.77. The molecule has 0 radical (unpaired) electrons. The summed E-state index contributed by atoms with van der Waals surface area (Å²) in [5.74, 6) is 1.68. The Hall–Kier alpha value is -1.75. The monoisotopic (exact) mass is 334 g/mol. The maximum absolute atomic E-state index is 5.80. The van der Waals surface area contributed by atoms with Crippen molar-refractivity contribution in [2.45, 2.75) is 13.0 Å². The number of pyridine rings is 1. The Morgan fingerprint density at radius 3 is 3.00 bits per heavy atom. The van der Waals surface area contributed by atoms with Gasteiger partial charge in [0.05, 0.1) is 25.1 Å². The van der Waals surface area contributed by atoms with Gasteiger partial charge in [-0.15, -0.1) is 0 Å². The molecule has 0 atom stereocenters. The molecule has 1 aromatic heterocycles. The fourth-order valence-electron chi connectivity index (χ4n) is 2.10. The number of para-hydroxylation sites is 1. The zero-order valence-electron chi connectivity index (χ0n) is 10.9. The van der Waals surface area contributed by atoms with Gasteiger partial charge in [-0.3, -0.25) is 4.98 Å². The lowest BCUT2D eigenvalue weighted by molar-refractivity contribution is 0.296. The molecule has 0 amide bonds. The molecule has 4 nitrogen and oxygen atoms in total. The third-order valence-electron chi connectivity index (χ3n) is 3.04. The average Bonchev–Trinajstić information content (AvgIpc) is 2.71. The first-order valence-electron chi connectivity index (χ1n) is 6.55. The van der Waals surface area contributed by atoms with Crippen molar-refractivity contribution >= 4 is 21.6 Å². The van der Waals surface area contributed by atoms with Crippen LogP contribution >= 0.6 is 15.9 Å². The lowest BCUT2D eigenvalue weighted by Crippen LogP contribution is -2.03. The second kappa shape index (κ2) is 6.13. The smallest absolute Gasteiger partial charge is 0.166 e. The van der Waals surface area contributed by atoms with Gasteiger partial charge in [0.25, 0.3) is 0 Å². The minimum Gasteiger partial charge on any atom is -0.490 e. The average molecular weight is 335 g/mol. The molecule has 104 valence electrons. The highest BCUT2D eigenvalue weighted by Crippen LogP contribution is 2.33. The van der Waals surface area contributed by atoms with E-state index in [1.165, 1.54) is 0 Å². The van der Waals surface area contributed by atoms with E-state index in [0.29, 0.717) is 19.8 Å². The standard InChI is InChI=1S/C15H15BrN2O2/c16-12-7-13(10-17-9-12)18-8-11-3-1-4-14-15(11)20-6-2-5-19-14/h1,3-4,7,9-10,18H,2,5-6,8H2. The highest BCUT2D eigenvalue weighted by Gasteiger charge is 2.14. The van der Waals surface area contributed by atoms with Crippen LogP contribution in [0, 0.1) is 0 Å². The summed E-state index contributed by atoms with van der Waals surface area (Å²) < 4.78 is 12.4. The van der Waals surface area contributed by atoms with E-state index in [1.807, 2.05) is 24.3 Å². The van der Waals surface area contributed by atoms with Crippen LogP contribution in [0.5, 0.6) is 11.5 Å². The molecule has 0 spiro atoms. The number of hydrogen-bond acceptors (Lipinski definition) is 4. The first kappa shape index (κ1) is 13.2. The molecule has 0 saturated carbocycles. The van der Waals surface area contributed by atoms with Crippen LogP contribution < -0.4 is 14.8 Å². The fourth-order valence-corrected chi connectivity index (χ4v) is 2.46. The van der Waals surface area contributed by atoms with Crippen LogP contribution in [0.15, 0.2) is 41.1 Å². The van der Waals surface area contributed by atoms with Gasteiger partial charge >= 0.3 is 0 Å². The minimum absolute atomic E-state index is 0.671. The summed E-state index contributed by atoms with van der Waals surface area (Å²) in [6, 6.07) is 7.98. The third-order valence-corrected chi connectivity index (χ3v) is 3.47. The van der Waals surface area contributed by atoms with Crippen molar-refractivity contribution in [3.8, 4) is 11.5 Å². The van der Waals surface area contributed by atoms with Gasteiger partial charge in [-0.05, 0) is 28.1 Å². The molecule has 1 N–H and O–H groups in total. The topological polar surface area (TPSA) is 43.4 Å². The number of rotatable bonds is 3. The van der Waals surface area contributed by atoms with Crippen molar-refractivity contribution in [2.75, 3.05) is 18.5 Å². The molecule has 3 rings (SSSR count). The zero-order chi connectivity index (χ0) is 13.8. The van der Waals surface area contributed by atoms with E-state index >= 15 is 0 Å². The summed E-state index contributed by atoms with van der Waals surface area (Å²) >= 11 is 3.41. The Bertz CT molecular complexity index is 604. The molecule has 0 aliphatic carbocycles. The predicted octanol–water partition coefficient (Wildman–Crippen LogP) is 3.62. The molecular weight excluding hydrogens is 320 g/mol. The van der Waals surface area contributed by atoms with Crippen molar-refractivity contribution < 1.29 is 9.47 Å². The molecule has 5 heteroatoms. The highest BCUT2D eigenvalue weighted by atomic mass is 79.9. The molecule has 1 aliphatic heterocycles. The molecular formula is C15H15BrN2O2. The summed E-state index contributed by atoms with van der Waals surface area (Å²) in [5.41, 5.74) is 2.05. The summed E-state index contributed by atoms with van der Waals surface area (Å²) in [7, 11) is 0. The fraction of sp³-hybridized carbons (Fsp3) is 0.267. The van der Waals surface area contributed by atoms with Crippen molar-refractivity contribution in [1.29, 1.82) is 0 Å². The van der Waals surface area contributed by atoms with Gasteiger partial charge in [0.2, 0.25) is 0 Å². The minimum atomic E-state index is 0.671. The molecule has 0 saturated heterocycles. The van der Waals surface area contributed by atoms with Crippen LogP contribution in [0.4, 0.5) is 5.69 Å². The third kappa shape index (κ3) is 3.04. The molecule has 1 aliphatic rings. The first-order valence-corrected chi connectivity index (χ1v) is 7.34. The summed E-state index contributed by atoms with van der Waals surface area (Å²) in [4.78, 5) is 4.13. The number of anilines is 1. The first-order chi connectivity index (χ1) is 9.83. The van der Waals surface area contributed by atoms with Gasteiger partial charge < -0.3 is 14.8 Å². The van der Waals surface area contributed by atoms with Crippen molar-refractivity contribution in [1.82, 2.24) is 4.98 Å². The largest absolute Gasteiger partial charge is 0.490 e. The van der Waals surface area contributed by atoms with Crippen LogP contribution in [0.25, 0.3) is 0 Å². The van der Waals surface area contributed by atoms with E-state index in [0.717, 1.165) is 33.6 Å². The van der Waals surface area contributed by atoms with Crippen LogP contribution in [-0.4, -0.2) is 18.2 Å². The Kier molecular flexibility index (Phi) is 4.06. The normalized spacial score (nSPS) is 13.7. The van der Waals surface area contributed by atoms with E-state index in [-0.39, 0.29) is 0 Å². The lowest BCUT2D eigenvalue weighted by Gasteiger charge is -2.13. The molecule has 0 bridgehead atoms. The van der Waals surface area contributed by atoms with E-state index in [2.05, 4.69) is 26.2 Å². The van der Waals surface area contributed by atoms with Crippen molar-refractivity contribution in [3.63, 3.8) is 0 Å². The Morgan fingerprint density at radius 2 is 2.10 bits per heavy atom. The number of hydrogen-bond donors (Lipinski definition) is 1. The van der Waals surface area contributed by atoms with E-state index in [1.54, 1.807) is 12.4 Å². The van der Waals surface area contributed by atoms with Gasteiger partial charge in [-0.1, -0.05) is 12.1 Å². The van der Waals surface area contributed by atoms with Crippen LogP contribution in [0.2, 0.25) is 0 Å². The summed E-state index contributed by atoms with van der Waals surface area (Å²) in [6.07, 6.45) is 4.47. The van der Waals surface area contributed by atoms with E-state index < -0.39 is 0 Å². The van der Waals surface area contributed by atoms with Crippen molar-refractivity contribution in [2.24, 2.45) is 0 Å². The number of halogens is 1. The molecule has 0 unspecified atom stereocenters. The molecule has 1 aromatic carbocycles. The van der Waals surface area contributed by atoms with Gasteiger partial charge in [0, 0.05) is 29.2 Å².